The maximum atomic E-state index is 14.8. The normalized spacial score (nSPS) is 15.9. The number of carbonyl (C=O) groups excluding carboxylic acids is 1. The number of benzene rings is 1. The van der Waals surface area contributed by atoms with Crippen molar-refractivity contribution in [2.24, 2.45) is 0 Å². The van der Waals surface area contributed by atoms with Crippen LogP contribution in [0, 0.1) is 5.82 Å². The van der Waals surface area contributed by atoms with Gasteiger partial charge in [0.05, 0.1) is 49.9 Å². The zero-order valence-corrected chi connectivity index (χ0v) is 17.8. The average molecular weight is 481 g/mol. The highest BCUT2D eigenvalue weighted by molar-refractivity contribution is 5.96. The Kier molecular flexibility index (Phi) is 6.63. The van der Waals surface area contributed by atoms with Gasteiger partial charge in [-0.2, -0.15) is 28.2 Å². The summed E-state index contributed by atoms with van der Waals surface area (Å²) in [7, 11) is 1.13. The van der Waals surface area contributed by atoms with Crippen molar-refractivity contribution < 1.29 is 36.6 Å². The number of nitrogens with one attached hydrogen (secondary N) is 1. The van der Waals surface area contributed by atoms with Gasteiger partial charge in [0.25, 0.3) is 0 Å². The molecule has 34 heavy (non-hydrogen) atoms. The topological polar surface area (TPSA) is 100 Å². The van der Waals surface area contributed by atoms with Gasteiger partial charge in [-0.05, 0) is 18.1 Å². The number of hydrogen-bond donors (Lipinski definition) is 1. The molecule has 0 aliphatic carbocycles. The monoisotopic (exact) mass is 481 g/mol. The molecule has 13 heteroatoms. The molecule has 1 aliphatic heterocycles. The fourth-order valence-corrected chi connectivity index (χ4v) is 3.36. The van der Waals surface area contributed by atoms with Gasteiger partial charge in [0, 0.05) is 24.9 Å². The molecule has 0 bridgehead atoms. The van der Waals surface area contributed by atoms with Crippen LogP contribution in [0.3, 0.4) is 0 Å². The van der Waals surface area contributed by atoms with Crippen LogP contribution in [0.5, 0.6) is 11.6 Å². The van der Waals surface area contributed by atoms with Crippen LogP contribution in [0.4, 0.5) is 23.2 Å². The first-order valence-electron chi connectivity index (χ1n) is 10.1. The van der Waals surface area contributed by atoms with E-state index in [4.69, 9.17) is 14.2 Å². The summed E-state index contributed by atoms with van der Waals surface area (Å²) in [5.41, 5.74) is -1.06. The molecule has 1 aromatic carbocycles. The van der Waals surface area contributed by atoms with Gasteiger partial charge in [-0.15, -0.1) is 0 Å². The fraction of sp³-hybridized carbons (Fsp3) is 0.333. The fourth-order valence-electron chi connectivity index (χ4n) is 3.36. The second kappa shape index (κ2) is 9.63. The minimum Gasteiger partial charge on any atom is -0.465 e. The number of hydrogen-bond acceptors (Lipinski definition) is 8. The third-order valence-electron chi connectivity index (χ3n) is 4.98. The van der Waals surface area contributed by atoms with Crippen LogP contribution in [0.25, 0.3) is 0 Å². The van der Waals surface area contributed by atoms with Crippen molar-refractivity contribution in [3.63, 3.8) is 0 Å². The number of pyridine rings is 1. The van der Waals surface area contributed by atoms with Gasteiger partial charge in [0.1, 0.15) is 5.56 Å². The first-order valence-corrected chi connectivity index (χ1v) is 10.1. The van der Waals surface area contributed by atoms with Gasteiger partial charge >= 0.3 is 12.1 Å². The third-order valence-corrected chi connectivity index (χ3v) is 4.98. The lowest BCUT2D eigenvalue weighted by atomic mass is 10.1. The number of rotatable bonds is 7. The van der Waals surface area contributed by atoms with Crippen LogP contribution < -0.4 is 10.1 Å². The number of aromatic nitrogens is 4. The SMILES string of the molecule is COC(=O)c1cc(Oc2ncc(Cn3nccn3)cc2C(F)(F)F)c(F)cc1N[C@@H]1CCOC1. The van der Waals surface area contributed by atoms with Crippen molar-refractivity contribution in [2.45, 2.75) is 25.2 Å². The second-order valence-electron chi connectivity index (χ2n) is 7.38. The number of anilines is 1. The molecular formula is C21H19F4N5O4. The number of methoxy groups -OCH3 is 1. The van der Waals surface area contributed by atoms with Crippen molar-refractivity contribution in [2.75, 3.05) is 25.6 Å². The number of ether oxygens (including phenoxy) is 3. The van der Waals surface area contributed by atoms with E-state index in [0.717, 1.165) is 31.5 Å². The molecule has 0 spiro atoms. The first-order chi connectivity index (χ1) is 16.2. The molecule has 1 fully saturated rings. The molecule has 0 radical (unpaired) electrons. The van der Waals surface area contributed by atoms with E-state index in [1.165, 1.54) is 17.2 Å². The van der Waals surface area contributed by atoms with Crippen molar-refractivity contribution in [1.29, 1.82) is 0 Å². The quantitative estimate of drug-likeness (QED) is 0.403. The predicted molar refractivity (Wildman–Crippen MR) is 109 cm³/mol. The Balaban J connectivity index is 1.67. The maximum Gasteiger partial charge on any atom is 0.421 e. The molecule has 3 heterocycles. The van der Waals surface area contributed by atoms with Gasteiger partial charge in [0.15, 0.2) is 11.6 Å². The van der Waals surface area contributed by atoms with E-state index in [2.05, 4.69) is 20.5 Å². The minimum absolute atomic E-state index is 0.0601. The average Bonchev–Trinajstić information content (AvgIpc) is 3.49. The lowest BCUT2D eigenvalue weighted by Crippen LogP contribution is -2.21. The number of alkyl halides is 3. The standard InChI is InChI=1S/C21H19F4N5O4/c1-32-20(31)14-7-18(16(22)8-17(14)29-13-2-5-33-11-13)34-19-15(21(23,24)25)6-12(9-26-19)10-30-27-3-4-28-30/h3-4,6-9,13,29H,2,5,10-11H2,1H3/t13-/m1/s1. The smallest absolute Gasteiger partial charge is 0.421 e. The van der Waals surface area contributed by atoms with E-state index in [0.29, 0.717) is 19.6 Å². The van der Waals surface area contributed by atoms with E-state index in [1.807, 2.05) is 0 Å². The maximum absolute atomic E-state index is 14.8. The van der Waals surface area contributed by atoms with Gasteiger partial charge in [-0.25, -0.2) is 14.2 Å². The summed E-state index contributed by atoms with van der Waals surface area (Å²) < 4.78 is 71.2. The van der Waals surface area contributed by atoms with Crippen LogP contribution in [0.15, 0.2) is 36.8 Å². The molecule has 2 aromatic heterocycles. The summed E-state index contributed by atoms with van der Waals surface area (Å²) >= 11 is 0. The molecule has 9 nitrogen and oxygen atoms in total. The summed E-state index contributed by atoms with van der Waals surface area (Å²) in [4.78, 5) is 17.2. The Morgan fingerprint density at radius 3 is 2.68 bits per heavy atom. The number of esters is 1. The summed E-state index contributed by atoms with van der Waals surface area (Å²) in [5, 5.41) is 10.7. The third kappa shape index (κ3) is 5.25. The summed E-state index contributed by atoms with van der Waals surface area (Å²) in [6.07, 6.45) is -0.296. The Morgan fingerprint density at radius 1 is 1.26 bits per heavy atom. The van der Waals surface area contributed by atoms with Crippen molar-refractivity contribution >= 4 is 11.7 Å². The van der Waals surface area contributed by atoms with Crippen LogP contribution in [-0.2, 0) is 22.2 Å². The highest BCUT2D eigenvalue weighted by atomic mass is 19.4. The number of halogens is 4. The highest BCUT2D eigenvalue weighted by Crippen LogP contribution is 2.39. The first kappa shape index (κ1) is 23.4. The molecular weight excluding hydrogens is 462 g/mol. The molecule has 1 saturated heterocycles. The zero-order chi connectivity index (χ0) is 24.3. The Labute approximate surface area is 190 Å². The number of carbonyl (C=O) groups is 1. The highest BCUT2D eigenvalue weighted by Gasteiger charge is 2.36. The van der Waals surface area contributed by atoms with Crippen LogP contribution in [0.1, 0.15) is 27.9 Å². The van der Waals surface area contributed by atoms with E-state index in [-0.39, 0.29) is 29.4 Å². The Hall–Kier alpha value is -3.74. The zero-order valence-electron chi connectivity index (χ0n) is 17.8. The molecule has 0 amide bonds. The Morgan fingerprint density at radius 2 is 2.03 bits per heavy atom. The minimum atomic E-state index is -4.85. The molecule has 1 aliphatic rings. The van der Waals surface area contributed by atoms with E-state index in [9.17, 15) is 22.4 Å². The molecule has 1 N–H and O–H groups in total. The van der Waals surface area contributed by atoms with E-state index < -0.39 is 35.2 Å². The van der Waals surface area contributed by atoms with E-state index >= 15 is 0 Å². The molecule has 0 saturated carbocycles. The summed E-state index contributed by atoms with van der Waals surface area (Å²) in [5.74, 6) is -3.30. The van der Waals surface area contributed by atoms with Gasteiger partial charge < -0.3 is 19.5 Å². The summed E-state index contributed by atoms with van der Waals surface area (Å²) in [6, 6.07) is 2.60. The molecule has 1 atom stereocenters. The number of nitrogens with zero attached hydrogens (tertiary/aromatic N) is 4. The van der Waals surface area contributed by atoms with Crippen LogP contribution >= 0.6 is 0 Å². The molecule has 0 unspecified atom stereocenters. The van der Waals surface area contributed by atoms with Crippen molar-refractivity contribution in [1.82, 2.24) is 20.0 Å². The lowest BCUT2D eigenvalue weighted by molar-refractivity contribution is -0.139. The molecule has 180 valence electrons. The van der Waals surface area contributed by atoms with Gasteiger partial charge in [0.2, 0.25) is 5.88 Å². The van der Waals surface area contributed by atoms with Crippen LogP contribution in [0.2, 0.25) is 0 Å². The molecule has 4 rings (SSSR count). The lowest BCUT2D eigenvalue weighted by Gasteiger charge is -2.18. The predicted octanol–water partition coefficient (Wildman–Crippen LogP) is 3.66. The molecule has 3 aromatic rings. The van der Waals surface area contributed by atoms with Crippen LogP contribution in [-0.4, -0.2) is 52.3 Å². The summed E-state index contributed by atoms with van der Waals surface area (Å²) in [6.45, 7) is 0.808. The van der Waals surface area contributed by atoms with Gasteiger partial charge in [-0.3, -0.25) is 0 Å². The van der Waals surface area contributed by atoms with Gasteiger partial charge in [-0.1, -0.05) is 0 Å². The van der Waals surface area contributed by atoms with Crippen molar-refractivity contribution in [3.05, 3.63) is 59.3 Å². The second-order valence-corrected chi connectivity index (χ2v) is 7.38. The largest absolute Gasteiger partial charge is 0.465 e. The van der Waals surface area contributed by atoms with Crippen molar-refractivity contribution in [3.8, 4) is 11.6 Å². The van der Waals surface area contributed by atoms with E-state index in [1.54, 1.807) is 0 Å². The Bertz CT molecular complexity index is 1160.